The summed E-state index contributed by atoms with van der Waals surface area (Å²) in [4.78, 5) is 0. The van der Waals surface area contributed by atoms with Crippen molar-refractivity contribution >= 4 is 86.2 Å². The van der Waals surface area contributed by atoms with Crippen LogP contribution in [0.3, 0.4) is 0 Å². The largest absolute Gasteiger partial charge is 0.0616 e. The van der Waals surface area contributed by atoms with Crippen LogP contribution in [0.1, 0.15) is 43.2 Å². The van der Waals surface area contributed by atoms with Crippen LogP contribution in [0.4, 0.5) is 0 Å². The quantitative estimate of drug-likeness (QED) is 0.153. The van der Waals surface area contributed by atoms with E-state index in [-0.39, 0.29) is 5.41 Å². The van der Waals surface area contributed by atoms with Gasteiger partial charge in [-0.25, -0.2) is 0 Å². The van der Waals surface area contributed by atoms with Crippen molar-refractivity contribution in [2.75, 3.05) is 0 Å². The summed E-state index contributed by atoms with van der Waals surface area (Å²) in [6.45, 7) is 0. The molecule has 2 aliphatic rings. The maximum atomic E-state index is 2.61. The van der Waals surface area contributed by atoms with Gasteiger partial charge in [0.1, 0.15) is 0 Å². The Bertz CT molecular complexity index is 3650. The monoisotopic (exact) mass is 786 g/mol. The Morgan fingerprint density at radius 2 is 0.548 bits per heavy atom. The second-order valence-electron chi connectivity index (χ2n) is 18.1. The van der Waals surface area contributed by atoms with Crippen molar-refractivity contribution in [2.24, 2.45) is 0 Å². The minimum atomic E-state index is -0.0139. The third-order valence-electron chi connectivity index (χ3n) is 15.2. The van der Waals surface area contributed by atoms with Crippen molar-refractivity contribution in [3.8, 4) is 33.4 Å². The molecule has 62 heavy (non-hydrogen) atoms. The molecule has 1 saturated carbocycles. The average molecular weight is 787 g/mol. The van der Waals surface area contributed by atoms with Gasteiger partial charge in [-0.1, -0.05) is 189 Å². The van der Waals surface area contributed by atoms with Crippen LogP contribution in [0.5, 0.6) is 0 Å². The molecule has 0 saturated heterocycles. The lowest BCUT2D eigenvalue weighted by Gasteiger charge is -2.36. The lowest BCUT2D eigenvalue weighted by atomic mass is 9.67. The fourth-order valence-electron chi connectivity index (χ4n) is 12.5. The number of rotatable bonds is 2. The highest BCUT2D eigenvalue weighted by molar-refractivity contribution is 6.34. The second kappa shape index (κ2) is 12.9. The molecule has 1 fully saturated rings. The molecule has 0 aliphatic heterocycles. The molecular weight excluding hydrogens is 745 g/mol. The van der Waals surface area contributed by atoms with Crippen LogP contribution in [0.2, 0.25) is 0 Å². The first-order valence-corrected chi connectivity index (χ1v) is 22.6. The second-order valence-corrected chi connectivity index (χ2v) is 18.1. The third-order valence-corrected chi connectivity index (χ3v) is 15.2. The molecule has 0 bridgehead atoms. The lowest BCUT2D eigenvalue weighted by Crippen LogP contribution is -2.28. The van der Waals surface area contributed by atoms with Crippen LogP contribution in [0, 0.1) is 0 Å². The molecule has 12 aromatic carbocycles. The molecule has 0 N–H and O–H groups in total. The van der Waals surface area contributed by atoms with Gasteiger partial charge in [-0.3, -0.25) is 0 Å². The van der Waals surface area contributed by atoms with E-state index in [0.29, 0.717) is 0 Å². The molecule has 12 aromatic rings. The van der Waals surface area contributed by atoms with Crippen LogP contribution < -0.4 is 0 Å². The zero-order valence-electron chi connectivity index (χ0n) is 34.5. The van der Waals surface area contributed by atoms with Gasteiger partial charge in [-0.15, -0.1) is 0 Å². The van der Waals surface area contributed by atoms with E-state index in [1.165, 1.54) is 163 Å². The zero-order chi connectivity index (χ0) is 40.5. The van der Waals surface area contributed by atoms with E-state index in [9.17, 15) is 0 Å². The standard InChI is InChI=1S/C62H42/c1-14-32-62(33-15-1)58-34-38(54-36-56-44-20-4-2-16-40(44)42-18-6-10-24-50(42)60(56)52-26-12-8-22-46(52)54)28-30-48(58)49-31-29-39(35-59(49)62)55-37-57-45-21-5-3-17-41(45)43-19-7-11-25-51(43)61(57)53-27-13-9-23-47(53)55/h2-13,16-31,34-37H,1,14-15,32-33H2. The van der Waals surface area contributed by atoms with Gasteiger partial charge in [0, 0.05) is 5.41 Å². The molecule has 2 aliphatic carbocycles. The Labute approximate surface area is 360 Å². The first-order valence-electron chi connectivity index (χ1n) is 22.6. The lowest BCUT2D eigenvalue weighted by molar-refractivity contribution is 0.353. The summed E-state index contributed by atoms with van der Waals surface area (Å²) in [6.07, 6.45) is 6.18. The number of benzene rings is 12. The summed E-state index contributed by atoms with van der Waals surface area (Å²) < 4.78 is 0. The zero-order valence-corrected chi connectivity index (χ0v) is 34.5. The van der Waals surface area contributed by atoms with Crippen molar-refractivity contribution in [2.45, 2.75) is 37.5 Å². The molecular formula is C62H42. The third kappa shape index (κ3) is 4.62. The van der Waals surface area contributed by atoms with Crippen molar-refractivity contribution in [1.29, 1.82) is 0 Å². The highest BCUT2D eigenvalue weighted by Crippen LogP contribution is 2.58. The van der Waals surface area contributed by atoms with Gasteiger partial charge in [0.25, 0.3) is 0 Å². The number of fused-ring (bicyclic) bond motifs is 21. The van der Waals surface area contributed by atoms with Crippen LogP contribution in [-0.2, 0) is 5.41 Å². The Balaban J connectivity index is 0.994. The highest BCUT2D eigenvalue weighted by Gasteiger charge is 2.44. The Morgan fingerprint density at radius 1 is 0.242 bits per heavy atom. The fourth-order valence-corrected chi connectivity index (χ4v) is 12.5. The van der Waals surface area contributed by atoms with E-state index in [1.54, 1.807) is 0 Å². The summed E-state index contributed by atoms with van der Waals surface area (Å²) in [5, 5.41) is 21.2. The molecule has 290 valence electrons. The first kappa shape index (κ1) is 34.4. The summed E-state index contributed by atoms with van der Waals surface area (Å²) in [7, 11) is 0. The summed E-state index contributed by atoms with van der Waals surface area (Å²) >= 11 is 0. The molecule has 0 heteroatoms. The highest BCUT2D eigenvalue weighted by atomic mass is 14.5. The normalized spacial score (nSPS) is 14.6. The first-order chi connectivity index (χ1) is 30.7. The van der Waals surface area contributed by atoms with Crippen LogP contribution >= 0.6 is 0 Å². The summed E-state index contributed by atoms with van der Waals surface area (Å²) in [5.41, 5.74) is 11.1. The van der Waals surface area contributed by atoms with E-state index >= 15 is 0 Å². The SMILES string of the molecule is c1ccc2c(c1)c(-c1ccc3c(c1)C1(CCCCC1)c1cc(-c4cc5c6ccccc6c6ccccc6c5c5ccccc45)ccc1-3)cc1c3ccccc3c3ccccc3c21. The van der Waals surface area contributed by atoms with Crippen LogP contribution in [0.15, 0.2) is 194 Å². The maximum Gasteiger partial charge on any atom is 0.0215 e. The molecule has 1 spiro atoms. The molecule has 14 rings (SSSR count). The van der Waals surface area contributed by atoms with Crippen molar-refractivity contribution in [3.63, 3.8) is 0 Å². The molecule has 0 atom stereocenters. The Kier molecular flexibility index (Phi) is 7.15. The molecule has 0 unspecified atom stereocenters. The van der Waals surface area contributed by atoms with E-state index in [1.807, 2.05) is 0 Å². The average Bonchev–Trinajstić information content (AvgIpc) is 3.60. The van der Waals surface area contributed by atoms with E-state index in [2.05, 4.69) is 194 Å². The van der Waals surface area contributed by atoms with Crippen molar-refractivity contribution in [3.05, 3.63) is 205 Å². The topological polar surface area (TPSA) is 0 Å². The van der Waals surface area contributed by atoms with Gasteiger partial charge < -0.3 is 0 Å². The predicted molar refractivity (Wildman–Crippen MR) is 267 cm³/mol. The molecule has 0 nitrogen and oxygen atoms in total. The molecule has 0 heterocycles. The van der Waals surface area contributed by atoms with Gasteiger partial charge in [-0.2, -0.15) is 0 Å². The van der Waals surface area contributed by atoms with E-state index in [0.717, 1.165) is 0 Å². The van der Waals surface area contributed by atoms with E-state index in [4.69, 9.17) is 0 Å². The minimum Gasteiger partial charge on any atom is -0.0616 e. The van der Waals surface area contributed by atoms with Gasteiger partial charge in [0.05, 0.1) is 0 Å². The van der Waals surface area contributed by atoms with E-state index < -0.39 is 0 Å². The smallest absolute Gasteiger partial charge is 0.0215 e. The summed E-state index contributed by atoms with van der Waals surface area (Å²) in [6, 6.07) is 74.2. The predicted octanol–water partition coefficient (Wildman–Crippen LogP) is 17.5. The number of hydrogen-bond acceptors (Lipinski definition) is 0. The van der Waals surface area contributed by atoms with Gasteiger partial charge in [-0.05, 0) is 168 Å². The molecule has 0 aromatic heterocycles. The molecule has 0 amide bonds. The van der Waals surface area contributed by atoms with Gasteiger partial charge in [0.2, 0.25) is 0 Å². The van der Waals surface area contributed by atoms with Crippen LogP contribution in [0.25, 0.3) is 120 Å². The van der Waals surface area contributed by atoms with Crippen molar-refractivity contribution < 1.29 is 0 Å². The van der Waals surface area contributed by atoms with Crippen LogP contribution in [-0.4, -0.2) is 0 Å². The van der Waals surface area contributed by atoms with Crippen molar-refractivity contribution in [1.82, 2.24) is 0 Å². The minimum absolute atomic E-state index is 0.0139. The fraction of sp³-hybridized carbons (Fsp3) is 0.0968. The van der Waals surface area contributed by atoms with Gasteiger partial charge in [0.15, 0.2) is 0 Å². The number of hydrogen-bond donors (Lipinski definition) is 0. The van der Waals surface area contributed by atoms with Gasteiger partial charge >= 0.3 is 0 Å². The maximum absolute atomic E-state index is 2.61. The molecule has 0 radical (unpaired) electrons. The summed E-state index contributed by atoms with van der Waals surface area (Å²) in [5.74, 6) is 0. The Morgan fingerprint density at radius 3 is 0.935 bits per heavy atom. The Hall–Kier alpha value is -7.28.